The lowest BCUT2D eigenvalue weighted by molar-refractivity contribution is -0.172. The van der Waals surface area contributed by atoms with E-state index in [0.29, 0.717) is 180 Å². The highest BCUT2D eigenvalue weighted by molar-refractivity contribution is 7.20. The number of imidazole rings is 1. The molecule has 5 atom stereocenters. The number of benzene rings is 1. The molecule has 1 aromatic carbocycles. The number of esters is 1. The van der Waals surface area contributed by atoms with Gasteiger partial charge in [-0.1, -0.05) is 34.1 Å². The monoisotopic (exact) mass is 1820 g/mol. The fourth-order valence-corrected chi connectivity index (χ4v) is 18.0. The number of nitrogens with zero attached hydrogens (tertiary/aromatic N) is 6. The van der Waals surface area contributed by atoms with Crippen LogP contribution in [0.3, 0.4) is 0 Å². The molecule has 6 aromatic rings. The highest BCUT2D eigenvalue weighted by Gasteiger charge is 2.46. The van der Waals surface area contributed by atoms with E-state index < -0.39 is 120 Å². The number of anilines is 1. The van der Waals surface area contributed by atoms with Crippen molar-refractivity contribution < 1.29 is 105 Å². The normalized spacial score (nSPS) is 17.0. The van der Waals surface area contributed by atoms with E-state index in [-0.39, 0.29) is 88.8 Å². The third kappa shape index (κ3) is 27.3. The smallest absolute Gasteiger partial charge is 0.407 e. The van der Waals surface area contributed by atoms with Crippen molar-refractivity contribution >= 4 is 103 Å². The second kappa shape index (κ2) is 48.6. The fraction of sp³-hybridized carbons (Fsp3) is 0.656. The molecule has 0 saturated carbocycles. The zero-order valence-electron chi connectivity index (χ0n) is 75.6. The minimum atomic E-state index is -2.08. The highest BCUT2D eigenvalue weighted by atomic mass is 32.1. The van der Waals surface area contributed by atoms with Crippen LogP contribution in [-0.2, 0) is 129 Å². The number of aryl methyl sites for hydroxylation is 2. The number of unbranched alkanes of at least 4 members (excludes halogenated alkanes) is 2. The molecule has 8 amide bonds. The molecule has 4 aliphatic heterocycles. The predicted molar refractivity (Wildman–Crippen MR) is 476 cm³/mol. The van der Waals surface area contributed by atoms with Gasteiger partial charge in [0.05, 0.1) is 162 Å². The number of carbonyl (C=O) groups is 9. The molecule has 5 aliphatic rings. The Morgan fingerprint density at radius 3 is 2.02 bits per heavy atom. The Morgan fingerprint density at radius 1 is 0.705 bits per heavy atom. The molecular weight excluding hydrogens is 1690 g/mol. The number of ether oxygens (including phenoxy) is 11. The van der Waals surface area contributed by atoms with Gasteiger partial charge in [0, 0.05) is 86.2 Å². The van der Waals surface area contributed by atoms with Crippen LogP contribution in [0.4, 0.5) is 15.0 Å². The van der Waals surface area contributed by atoms with Crippen LogP contribution < -0.4 is 54.2 Å². The van der Waals surface area contributed by atoms with Gasteiger partial charge in [-0.3, -0.25) is 38.4 Å². The molecule has 39 heteroatoms. The lowest BCUT2D eigenvalue weighted by Crippen LogP contribution is -2.56. The molecule has 37 nitrogen and oxygen atoms in total. The molecule has 0 bridgehead atoms. The van der Waals surface area contributed by atoms with Gasteiger partial charge in [0.25, 0.3) is 5.56 Å². The van der Waals surface area contributed by atoms with E-state index in [4.69, 9.17) is 78.5 Å². The van der Waals surface area contributed by atoms with Crippen LogP contribution in [0.2, 0.25) is 0 Å². The summed E-state index contributed by atoms with van der Waals surface area (Å²) in [4.78, 5) is 151. The number of aliphatic hydroxyl groups is 1. The van der Waals surface area contributed by atoms with Crippen molar-refractivity contribution in [3.8, 4) is 11.4 Å². The summed E-state index contributed by atoms with van der Waals surface area (Å²) in [6, 6.07) is 0.972. The number of aromatic nitrogens is 5. The van der Waals surface area contributed by atoms with Gasteiger partial charge in [0.15, 0.2) is 11.4 Å². The molecule has 0 radical (unpaired) electrons. The van der Waals surface area contributed by atoms with Gasteiger partial charge < -0.3 is 120 Å². The zero-order valence-corrected chi connectivity index (χ0v) is 76.4. The summed E-state index contributed by atoms with van der Waals surface area (Å²) in [6.07, 6.45) is 7.70. The SMILES string of the molecule is CCCCc1nc2c(N)nc3cc(C4CCN(C(=O)CCOCCOCCOCCOCCOCCOCCOCCNC(=O)[C@@H](N)CCC(=O)N[C@H](C(=O)N[C@@H](CCCCNC(=O)OC(C)(C)C)C(=O)NCC(=O)NCOCC(=O)N[C@H]5CCc6c(C)c(F)cc7nc8c(c5c67)Cn5c-8cc6c(c5=O)COC(=O)[C@]6(O)CC)C(C)C)CC4)sc3c2n1CC1CCOCC1. The number of rotatable bonds is 52. The predicted octanol–water partition coefficient (Wildman–Crippen LogP) is 5.60. The molecule has 11 rings (SSSR count). The van der Waals surface area contributed by atoms with Crippen LogP contribution in [0, 0.1) is 24.6 Å². The molecule has 710 valence electrons. The van der Waals surface area contributed by atoms with Crippen molar-refractivity contribution in [2.75, 3.05) is 158 Å². The first-order valence-corrected chi connectivity index (χ1v) is 46.2. The average Bonchev–Trinajstić information content (AvgIpc) is 1.62. The molecule has 2 saturated heterocycles. The summed E-state index contributed by atoms with van der Waals surface area (Å²) >= 11 is 1.81. The number of piperidine rings is 1. The fourth-order valence-electron chi connectivity index (χ4n) is 16.7. The van der Waals surface area contributed by atoms with Crippen molar-refractivity contribution in [1.29, 1.82) is 0 Å². The van der Waals surface area contributed by atoms with Crippen molar-refractivity contribution in [2.24, 2.45) is 17.6 Å². The molecule has 12 N–H and O–H groups in total. The van der Waals surface area contributed by atoms with Crippen LogP contribution in [0.5, 0.6) is 0 Å². The molecule has 129 heavy (non-hydrogen) atoms. The van der Waals surface area contributed by atoms with E-state index >= 15 is 4.39 Å². The maximum absolute atomic E-state index is 15.5. The number of alkyl carbamates (subject to hydrolysis) is 1. The van der Waals surface area contributed by atoms with Crippen molar-refractivity contribution in [2.45, 2.75) is 219 Å². The summed E-state index contributed by atoms with van der Waals surface area (Å²) < 4.78 is 81.7. The third-order valence-corrected chi connectivity index (χ3v) is 25.0. The summed E-state index contributed by atoms with van der Waals surface area (Å²) in [7, 11) is 0. The molecule has 0 unspecified atom stereocenters. The van der Waals surface area contributed by atoms with E-state index in [9.17, 15) is 53.1 Å². The molecule has 1 aliphatic carbocycles. The van der Waals surface area contributed by atoms with Crippen LogP contribution >= 0.6 is 11.3 Å². The largest absolute Gasteiger partial charge is 0.458 e. The Morgan fingerprint density at radius 2 is 1.37 bits per heavy atom. The minimum absolute atomic E-state index is 0.0303. The first-order valence-electron chi connectivity index (χ1n) is 45.4. The third-order valence-electron chi connectivity index (χ3n) is 23.7. The van der Waals surface area contributed by atoms with Crippen molar-refractivity contribution in [3.05, 3.63) is 78.5 Å². The molecule has 2 fully saturated rings. The van der Waals surface area contributed by atoms with Gasteiger partial charge in [-0.15, -0.1) is 11.3 Å². The molecule has 0 spiro atoms. The number of amides is 8. The summed E-state index contributed by atoms with van der Waals surface area (Å²) in [6.45, 7) is 21.2. The van der Waals surface area contributed by atoms with Gasteiger partial charge in [0.1, 0.15) is 54.8 Å². The average molecular weight is 1830 g/mol. The van der Waals surface area contributed by atoms with E-state index in [1.807, 2.05) is 16.2 Å². The lowest BCUT2D eigenvalue weighted by atomic mass is 9.81. The number of nitrogens with one attached hydrogen (secondary N) is 7. The molecule has 5 aromatic heterocycles. The van der Waals surface area contributed by atoms with Gasteiger partial charge in [-0.05, 0) is 151 Å². The van der Waals surface area contributed by atoms with Gasteiger partial charge in [0.2, 0.25) is 41.4 Å². The Balaban J connectivity index is 0.499. The van der Waals surface area contributed by atoms with Crippen LogP contribution in [-0.4, -0.2) is 263 Å². The van der Waals surface area contributed by atoms with E-state index in [0.717, 1.165) is 91.8 Å². The van der Waals surface area contributed by atoms with Crippen LogP contribution in [0.15, 0.2) is 23.0 Å². The van der Waals surface area contributed by atoms with E-state index in [1.54, 1.807) is 54.5 Å². The minimum Gasteiger partial charge on any atom is -0.458 e. The Kier molecular flexibility index (Phi) is 37.7. The van der Waals surface area contributed by atoms with E-state index in [1.165, 1.54) is 15.5 Å². The Bertz CT molecular complexity index is 4930. The highest BCUT2D eigenvalue weighted by Crippen LogP contribution is 2.47. The maximum Gasteiger partial charge on any atom is 0.407 e. The van der Waals surface area contributed by atoms with Crippen molar-refractivity contribution in [1.82, 2.24) is 66.2 Å². The second-order valence-electron chi connectivity index (χ2n) is 34.5. The molecule has 9 heterocycles. The van der Waals surface area contributed by atoms with Crippen LogP contribution in [0.25, 0.3) is 43.5 Å². The van der Waals surface area contributed by atoms with Gasteiger partial charge in [-0.25, -0.2) is 28.9 Å². The summed E-state index contributed by atoms with van der Waals surface area (Å²) in [5.41, 5.74) is 15.8. The number of thiophene rings is 1. The lowest BCUT2D eigenvalue weighted by Gasteiger charge is -2.31. The van der Waals surface area contributed by atoms with E-state index in [2.05, 4.69) is 54.8 Å². The first kappa shape index (κ1) is 100. The van der Waals surface area contributed by atoms with Crippen molar-refractivity contribution in [3.63, 3.8) is 0 Å². The number of nitrogens with two attached hydrogens (primary N) is 2. The Hall–Kier alpha value is -9.52. The number of carbonyl (C=O) groups excluding carboxylic acids is 9. The number of cyclic esters (lactones) is 1. The quantitative estimate of drug-likeness (QED) is 0.0126. The number of hydrogen-bond donors (Lipinski definition) is 10. The number of likely N-dealkylation sites (tertiary alicyclic amines) is 1. The number of fused-ring (bicyclic) bond motifs is 8. The number of halogens is 1. The van der Waals surface area contributed by atoms with Gasteiger partial charge in [-0.2, -0.15) is 0 Å². The second-order valence-corrected chi connectivity index (χ2v) is 35.6. The number of pyridine rings is 3. The topological polar surface area (TPSA) is 480 Å². The number of hydrogen-bond acceptors (Lipinski definition) is 28. The standard InChI is InChI=1S/C90H130FN15O22S/c1-9-11-15-70-102-79-80(106(70)49-56-22-29-118-30-23-56)81-67(100-82(79)93)47-69(129-81)57-20-27-104(28-21-57)74(110)24-31-119-33-35-121-37-39-123-41-43-125-44-42-124-40-38-122-36-34-120-32-26-94-83(111)63(92)17-19-71(107)103-77(54(3)4)85(113)101-65(14-12-13-25-95-88(116)128-89(6,7)8)84(112)96-48-72(108)97-53-126-52-73(109)98-64-18-16-58-55(5)62(91)46-66-75(58)76(64)59-50-105-68(78(59)99-66)45-61-60(86(105)114)51-127-87(115)90(61,117)10-2/h45-47,54,56-57,63-65,77,117H,9-44,48-53,92H2,1-8H3,(H2,93,100)(H,94,111)(H,95,116)(H,96,112)(H,97,108)(H,98,109)(H,101,113)(H,103,107)/t63-,64-,65-,77-,90-/m0/s1. The number of nitrogen functional groups attached to an aromatic ring is 1. The van der Waals surface area contributed by atoms with Crippen LogP contribution in [0.1, 0.15) is 194 Å². The Labute approximate surface area is 754 Å². The maximum atomic E-state index is 15.5. The van der Waals surface area contributed by atoms with Gasteiger partial charge >= 0.3 is 12.1 Å². The summed E-state index contributed by atoms with van der Waals surface area (Å²) in [5.74, 6) is -3.12. The zero-order chi connectivity index (χ0) is 92.3. The molecular formula is C90H130FN15O22S. The first-order chi connectivity index (χ1) is 62.0. The summed E-state index contributed by atoms with van der Waals surface area (Å²) in [5, 5.41) is 30.9.